The van der Waals surface area contributed by atoms with Gasteiger partial charge in [-0.3, -0.25) is 4.79 Å². The fourth-order valence-electron chi connectivity index (χ4n) is 1.30. The molecule has 0 aromatic heterocycles. The Morgan fingerprint density at radius 2 is 2.12 bits per heavy atom. The van der Waals surface area contributed by atoms with E-state index >= 15 is 0 Å². The summed E-state index contributed by atoms with van der Waals surface area (Å²) in [6.07, 6.45) is 0.358. The Morgan fingerprint density at radius 3 is 2.69 bits per heavy atom. The summed E-state index contributed by atoms with van der Waals surface area (Å²) in [5.74, 6) is -1.13. The topological polar surface area (TPSA) is 66.4 Å². The number of amides is 1. The van der Waals surface area contributed by atoms with Crippen LogP contribution in [0.25, 0.3) is 0 Å². The van der Waals surface area contributed by atoms with Crippen LogP contribution < -0.4 is 5.32 Å². The molecule has 0 heterocycles. The van der Waals surface area contributed by atoms with E-state index in [1.807, 2.05) is 0 Å². The highest BCUT2D eigenvalue weighted by Gasteiger charge is 2.11. The van der Waals surface area contributed by atoms with Crippen molar-refractivity contribution in [1.29, 1.82) is 0 Å². The first-order valence-corrected chi connectivity index (χ1v) is 5.87. The Bertz CT molecular complexity index is 418. The van der Waals surface area contributed by atoms with Crippen molar-refractivity contribution < 1.29 is 14.7 Å². The molecule has 5 heteroatoms. The van der Waals surface area contributed by atoms with E-state index in [2.05, 4.69) is 21.2 Å². The molecular formula is C11H12BrNO3. The Labute approximate surface area is 102 Å². The van der Waals surface area contributed by atoms with E-state index in [9.17, 15) is 9.59 Å². The molecule has 1 aromatic carbocycles. The second-order valence-electron chi connectivity index (χ2n) is 3.27. The van der Waals surface area contributed by atoms with Gasteiger partial charge in [-0.05, 0) is 24.6 Å². The second kappa shape index (κ2) is 5.65. The zero-order chi connectivity index (χ0) is 12.1. The van der Waals surface area contributed by atoms with Crippen LogP contribution in [0.4, 0.5) is 5.69 Å². The number of hydrogen-bond acceptors (Lipinski definition) is 2. The zero-order valence-corrected chi connectivity index (χ0v) is 10.4. The number of benzene rings is 1. The lowest BCUT2D eigenvalue weighted by atomic mass is 10.1. The predicted molar refractivity (Wildman–Crippen MR) is 65.2 cm³/mol. The Kier molecular flexibility index (Phi) is 4.49. The van der Waals surface area contributed by atoms with Crippen molar-refractivity contribution in [2.24, 2.45) is 0 Å². The molecule has 1 amide bonds. The summed E-state index contributed by atoms with van der Waals surface area (Å²) < 4.78 is 0. The van der Waals surface area contributed by atoms with Crippen molar-refractivity contribution in [2.75, 3.05) is 10.6 Å². The molecule has 0 radical (unpaired) electrons. The van der Waals surface area contributed by atoms with Crippen molar-refractivity contribution in [2.45, 2.75) is 13.3 Å². The van der Waals surface area contributed by atoms with E-state index in [0.717, 1.165) is 0 Å². The first kappa shape index (κ1) is 12.7. The highest BCUT2D eigenvalue weighted by atomic mass is 79.9. The van der Waals surface area contributed by atoms with Gasteiger partial charge < -0.3 is 10.4 Å². The van der Waals surface area contributed by atoms with E-state index in [0.29, 0.717) is 23.0 Å². The summed E-state index contributed by atoms with van der Waals surface area (Å²) in [7, 11) is 0. The van der Waals surface area contributed by atoms with Gasteiger partial charge in [0.15, 0.2) is 0 Å². The van der Waals surface area contributed by atoms with Crippen molar-refractivity contribution in [3.05, 3.63) is 29.3 Å². The first-order valence-electron chi connectivity index (χ1n) is 4.75. The Hall–Kier alpha value is -1.36. The minimum atomic E-state index is -0.992. The average Bonchev–Trinajstić information content (AvgIpc) is 2.21. The number of rotatable bonds is 4. The molecule has 1 rings (SSSR count). The lowest BCUT2D eigenvalue weighted by Gasteiger charge is -2.09. The van der Waals surface area contributed by atoms with Gasteiger partial charge in [-0.2, -0.15) is 0 Å². The number of nitrogens with one attached hydrogen (secondary N) is 1. The van der Waals surface area contributed by atoms with Crippen molar-refractivity contribution in [3.8, 4) is 0 Å². The standard InChI is InChI=1S/C11H12BrNO3/c1-7-8(11(15)16)3-2-4-9(7)13-10(14)5-6-12/h2-4H,5-6H2,1H3,(H,13,14)(H,15,16). The van der Waals surface area contributed by atoms with Crippen molar-refractivity contribution in [3.63, 3.8) is 0 Å². The minimum Gasteiger partial charge on any atom is -0.478 e. The molecule has 4 nitrogen and oxygen atoms in total. The van der Waals surface area contributed by atoms with E-state index in [4.69, 9.17) is 5.11 Å². The molecule has 0 aliphatic carbocycles. The highest BCUT2D eigenvalue weighted by molar-refractivity contribution is 9.09. The van der Waals surface area contributed by atoms with Gasteiger partial charge in [0.25, 0.3) is 0 Å². The second-order valence-corrected chi connectivity index (χ2v) is 4.06. The third-order valence-corrected chi connectivity index (χ3v) is 2.56. The molecule has 16 heavy (non-hydrogen) atoms. The number of anilines is 1. The van der Waals surface area contributed by atoms with Crippen LogP contribution in [-0.2, 0) is 4.79 Å². The van der Waals surface area contributed by atoms with Crippen LogP contribution in [0.15, 0.2) is 18.2 Å². The average molecular weight is 286 g/mol. The van der Waals surface area contributed by atoms with Crippen LogP contribution in [0, 0.1) is 6.92 Å². The first-order chi connectivity index (χ1) is 7.56. The molecular weight excluding hydrogens is 274 g/mol. The monoisotopic (exact) mass is 285 g/mol. The Morgan fingerprint density at radius 1 is 1.44 bits per heavy atom. The van der Waals surface area contributed by atoms with Gasteiger partial charge in [-0.15, -0.1) is 0 Å². The van der Waals surface area contributed by atoms with Crippen LogP contribution in [-0.4, -0.2) is 22.3 Å². The van der Waals surface area contributed by atoms with Gasteiger partial charge in [0.05, 0.1) is 5.56 Å². The van der Waals surface area contributed by atoms with Crippen molar-refractivity contribution in [1.82, 2.24) is 0 Å². The van der Waals surface area contributed by atoms with Crippen LogP contribution in [0.5, 0.6) is 0 Å². The molecule has 0 spiro atoms. The number of carboxylic acids is 1. The van der Waals surface area contributed by atoms with Gasteiger partial charge in [0.2, 0.25) is 5.91 Å². The number of carboxylic acid groups (broad SMARTS) is 1. The largest absolute Gasteiger partial charge is 0.478 e. The smallest absolute Gasteiger partial charge is 0.336 e. The molecule has 0 atom stereocenters. The summed E-state index contributed by atoms with van der Waals surface area (Å²) in [5.41, 5.74) is 1.32. The maximum Gasteiger partial charge on any atom is 0.336 e. The Balaban J connectivity index is 2.93. The molecule has 1 aromatic rings. The maximum atomic E-state index is 11.4. The molecule has 0 saturated carbocycles. The third-order valence-electron chi connectivity index (χ3n) is 2.16. The molecule has 0 fully saturated rings. The fraction of sp³-hybridized carbons (Fsp3) is 0.273. The van der Waals surface area contributed by atoms with E-state index in [1.165, 1.54) is 6.07 Å². The van der Waals surface area contributed by atoms with Crippen LogP contribution in [0.1, 0.15) is 22.3 Å². The van der Waals surface area contributed by atoms with Crippen LogP contribution in [0.2, 0.25) is 0 Å². The summed E-state index contributed by atoms with van der Waals surface area (Å²) in [6, 6.07) is 4.81. The van der Waals surface area contributed by atoms with Gasteiger partial charge in [-0.1, -0.05) is 22.0 Å². The number of carbonyl (C=O) groups is 2. The lowest BCUT2D eigenvalue weighted by molar-refractivity contribution is -0.115. The SMILES string of the molecule is Cc1c(NC(=O)CCBr)cccc1C(=O)O. The molecule has 0 bridgehead atoms. The quantitative estimate of drug-likeness (QED) is 0.835. The van der Waals surface area contributed by atoms with Crippen LogP contribution in [0.3, 0.4) is 0 Å². The maximum absolute atomic E-state index is 11.4. The third kappa shape index (κ3) is 3.06. The van der Waals surface area contributed by atoms with Gasteiger partial charge in [-0.25, -0.2) is 4.79 Å². The predicted octanol–water partition coefficient (Wildman–Crippen LogP) is 2.42. The summed E-state index contributed by atoms with van der Waals surface area (Å²) in [5, 5.41) is 12.2. The molecule has 0 aliphatic heterocycles. The van der Waals surface area contributed by atoms with Crippen molar-refractivity contribution >= 4 is 33.5 Å². The van der Waals surface area contributed by atoms with E-state index < -0.39 is 5.97 Å². The van der Waals surface area contributed by atoms with Gasteiger partial charge >= 0.3 is 5.97 Å². The summed E-state index contributed by atoms with van der Waals surface area (Å²) >= 11 is 3.16. The highest BCUT2D eigenvalue weighted by Crippen LogP contribution is 2.19. The lowest BCUT2D eigenvalue weighted by Crippen LogP contribution is -2.13. The number of carbonyl (C=O) groups excluding carboxylic acids is 1. The molecule has 86 valence electrons. The van der Waals surface area contributed by atoms with Crippen LogP contribution >= 0.6 is 15.9 Å². The zero-order valence-electron chi connectivity index (χ0n) is 8.79. The normalized spacial score (nSPS) is 9.88. The number of alkyl halides is 1. The number of hydrogen-bond donors (Lipinski definition) is 2. The number of halogens is 1. The molecule has 0 aliphatic rings. The van der Waals surface area contributed by atoms with E-state index in [-0.39, 0.29) is 11.5 Å². The molecule has 2 N–H and O–H groups in total. The van der Waals surface area contributed by atoms with Gasteiger partial charge in [0.1, 0.15) is 0 Å². The summed E-state index contributed by atoms with van der Waals surface area (Å²) in [4.78, 5) is 22.2. The minimum absolute atomic E-state index is 0.137. The molecule has 0 unspecified atom stereocenters. The molecule has 0 saturated heterocycles. The van der Waals surface area contributed by atoms with Gasteiger partial charge in [0, 0.05) is 17.4 Å². The fourth-order valence-corrected chi connectivity index (χ4v) is 1.66. The summed E-state index contributed by atoms with van der Waals surface area (Å²) in [6.45, 7) is 1.67. The number of aromatic carboxylic acids is 1. The van der Waals surface area contributed by atoms with E-state index in [1.54, 1.807) is 19.1 Å².